The van der Waals surface area contributed by atoms with Crippen LogP contribution in [0.4, 0.5) is 43.9 Å². The summed E-state index contributed by atoms with van der Waals surface area (Å²) in [6.45, 7) is 0. The van der Waals surface area contributed by atoms with Crippen LogP contribution in [0.25, 0.3) is 0 Å². The molecule has 1 aromatic carbocycles. The average Bonchev–Trinajstić information content (AvgIpc) is 2.37. The summed E-state index contributed by atoms with van der Waals surface area (Å²) in [6.07, 6.45) is -22.5. The van der Waals surface area contributed by atoms with E-state index in [1.807, 2.05) is 0 Å². The first kappa shape index (κ1) is 19.3. The lowest BCUT2D eigenvalue weighted by Gasteiger charge is -2.38. The normalized spacial score (nSPS) is 14.2. The topological polar surface area (TPSA) is 18.5 Å². The summed E-state index contributed by atoms with van der Waals surface area (Å²) in [6, 6.07) is 5.14. The molecule has 0 aliphatic rings. The van der Waals surface area contributed by atoms with Gasteiger partial charge in [0.15, 0.2) is 0 Å². The molecular formula is C11H5F10O2-. The third-order valence-electron chi connectivity index (χ3n) is 2.16. The molecule has 1 rings (SSSR count). The van der Waals surface area contributed by atoms with Crippen molar-refractivity contribution in [2.24, 2.45) is 0 Å². The van der Waals surface area contributed by atoms with Crippen LogP contribution in [0, 0.1) is 6.36 Å². The number of benzene rings is 1. The first-order valence-electron chi connectivity index (χ1n) is 5.37. The summed E-state index contributed by atoms with van der Waals surface area (Å²) in [5, 5.41) is 0. The summed E-state index contributed by atoms with van der Waals surface area (Å²) < 4.78 is 130. The molecule has 0 unspecified atom stereocenters. The molecule has 1 aromatic rings. The maximum absolute atomic E-state index is 13.1. The number of hydrogen-bond donors (Lipinski definition) is 0. The van der Waals surface area contributed by atoms with Gasteiger partial charge in [-0.3, -0.25) is 0 Å². The van der Waals surface area contributed by atoms with Crippen LogP contribution in [0.1, 0.15) is 0 Å². The van der Waals surface area contributed by atoms with Gasteiger partial charge in [0.05, 0.1) is 6.36 Å². The van der Waals surface area contributed by atoms with Gasteiger partial charge in [0.2, 0.25) is 0 Å². The molecule has 2 nitrogen and oxygen atoms in total. The van der Waals surface area contributed by atoms with Crippen molar-refractivity contribution < 1.29 is 53.4 Å². The summed E-state index contributed by atoms with van der Waals surface area (Å²) >= 11 is 0. The molecule has 0 radical (unpaired) electrons. The van der Waals surface area contributed by atoms with Gasteiger partial charge >= 0.3 is 24.3 Å². The van der Waals surface area contributed by atoms with Gasteiger partial charge in [-0.2, -0.15) is 39.5 Å². The van der Waals surface area contributed by atoms with Gasteiger partial charge in [-0.25, -0.2) is 0 Å². The van der Waals surface area contributed by atoms with Crippen LogP contribution in [0.15, 0.2) is 30.3 Å². The van der Waals surface area contributed by atoms with E-state index in [0.717, 1.165) is 24.3 Å². The molecule has 0 saturated carbocycles. The fraction of sp³-hybridized carbons (Fsp3) is 0.364. The second-order valence-corrected chi connectivity index (χ2v) is 3.90. The van der Waals surface area contributed by atoms with Crippen molar-refractivity contribution in [3.63, 3.8) is 0 Å². The molecule has 0 amide bonds. The van der Waals surface area contributed by atoms with Crippen molar-refractivity contribution in [2.45, 2.75) is 24.3 Å². The molecule has 0 aromatic heterocycles. The molecule has 0 bridgehead atoms. The zero-order valence-corrected chi connectivity index (χ0v) is 10.5. The molecule has 0 N–H and O–H groups in total. The van der Waals surface area contributed by atoms with Crippen molar-refractivity contribution in [1.82, 2.24) is 0 Å². The average molecular weight is 359 g/mol. The lowest BCUT2D eigenvalue weighted by molar-refractivity contribution is -0.438. The van der Waals surface area contributed by atoms with Crippen LogP contribution in [-0.2, 0) is 4.74 Å². The number of halogens is 10. The molecule has 0 heterocycles. The fourth-order valence-electron chi connectivity index (χ4n) is 1.08. The van der Waals surface area contributed by atoms with E-state index in [1.165, 1.54) is 6.07 Å². The summed E-state index contributed by atoms with van der Waals surface area (Å²) in [4.78, 5) is 0. The Balaban J connectivity index is 2.90. The molecule has 0 spiro atoms. The van der Waals surface area contributed by atoms with Crippen LogP contribution in [0.5, 0.6) is 5.75 Å². The van der Waals surface area contributed by atoms with Gasteiger partial charge in [-0.05, 0) is 12.1 Å². The van der Waals surface area contributed by atoms with Crippen LogP contribution >= 0.6 is 0 Å². The van der Waals surface area contributed by atoms with Gasteiger partial charge in [-0.1, -0.05) is 18.2 Å². The van der Waals surface area contributed by atoms with E-state index >= 15 is 0 Å². The maximum atomic E-state index is 13.1. The van der Waals surface area contributed by atoms with Crippen molar-refractivity contribution in [1.29, 1.82) is 0 Å². The lowest BCUT2D eigenvalue weighted by Crippen LogP contribution is -2.54. The van der Waals surface area contributed by atoms with Crippen molar-refractivity contribution >= 4 is 0 Å². The van der Waals surface area contributed by atoms with Crippen LogP contribution in [-0.4, -0.2) is 24.3 Å². The Morgan fingerprint density at radius 3 is 1.70 bits per heavy atom. The van der Waals surface area contributed by atoms with E-state index in [-0.39, 0.29) is 0 Å². The van der Waals surface area contributed by atoms with E-state index in [9.17, 15) is 43.9 Å². The number of rotatable bonds is 6. The minimum absolute atomic E-state index is 0.790. The Hall–Kier alpha value is -1.72. The summed E-state index contributed by atoms with van der Waals surface area (Å²) in [7, 11) is 0. The van der Waals surface area contributed by atoms with Gasteiger partial charge in [0.25, 0.3) is 0 Å². The molecule has 23 heavy (non-hydrogen) atoms. The van der Waals surface area contributed by atoms with Gasteiger partial charge in [0, 0.05) is 0 Å². The highest BCUT2D eigenvalue weighted by Crippen LogP contribution is 2.49. The Morgan fingerprint density at radius 1 is 0.783 bits per heavy atom. The van der Waals surface area contributed by atoms with Crippen molar-refractivity contribution in [2.75, 3.05) is 0 Å². The molecule has 0 aliphatic heterocycles. The highest BCUT2D eigenvalue weighted by atomic mass is 19.4. The standard InChI is InChI=1S/C11H5F10O2/c12-7(8(13,14)22-6-4-2-1-3-5-6)23-11(20,21)9(15,16)10(17,18)19/h1-5H/q-1. The van der Waals surface area contributed by atoms with Crippen molar-refractivity contribution in [3.05, 3.63) is 36.7 Å². The monoisotopic (exact) mass is 359 g/mol. The first-order valence-corrected chi connectivity index (χ1v) is 5.37. The molecule has 132 valence electrons. The quantitative estimate of drug-likeness (QED) is 0.530. The zero-order chi connectivity index (χ0) is 18.1. The predicted molar refractivity (Wildman–Crippen MR) is 53.4 cm³/mol. The zero-order valence-electron chi connectivity index (χ0n) is 10.5. The van der Waals surface area contributed by atoms with E-state index in [4.69, 9.17) is 0 Å². The number of para-hydroxylation sites is 1. The second kappa shape index (κ2) is 6.06. The van der Waals surface area contributed by atoms with E-state index in [1.54, 1.807) is 0 Å². The van der Waals surface area contributed by atoms with E-state index in [0.29, 0.717) is 0 Å². The highest BCUT2D eigenvalue weighted by molar-refractivity contribution is 5.21. The van der Waals surface area contributed by atoms with Crippen LogP contribution < -0.4 is 4.74 Å². The lowest BCUT2D eigenvalue weighted by atomic mass is 10.3. The Morgan fingerprint density at radius 2 is 1.26 bits per heavy atom. The van der Waals surface area contributed by atoms with Crippen LogP contribution in [0.2, 0.25) is 0 Å². The van der Waals surface area contributed by atoms with Crippen LogP contribution in [0.3, 0.4) is 0 Å². The summed E-state index contributed by atoms with van der Waals surface area (Å²) in [5.74, 6) is -7.71. The van der Waals surface area contributed by atoms with Gasteiger partial charge in [0.1, 0.15) is 5.75 Å². The molecule has 0 atom stereocenters. The largest absolute Gasteiger partial charge is 0.462 e. The first-order chi connectivity index (χ1) is 10.2. The molecular weight excluding hydrogens is 354 g/mol. The Labute approximate surface area is 121 Å². The van der Waals surface area contributed by atoms with E-state index in [2.05, 4.69) is 9.47 Å². The van der Waals surface area contributed by atoms with Gasteiger partial charge < -0.3 is 13.9 Å². The molecule has 0 aliphatic carbocycles. The number of hydrogen-bond acceptors (Lipinski definition) is 2. The number of ether oxygens (including phenoxy) is 2. The Bertz CT molecular complexity index is 513. The molecule has 12 heteroatoms. The second-order valence-electron chi connectivity index (χ2n) is 3.90. The smallest absolute Gasteiger partial charge is 0.453 e. The Kier molecular flexibility index (Phi) is 5.09. The third-order valence-corrected chi connectivity index (χ3v) is 2.16. The molecule has 0 saturated heterocycles. The van der Waals surface area contributed by atoms with E-state index < -0.39 is 36.4 Å². The number of alkyl halides is 9. The van der Waals surface area contributed by atoms with Gasteiger partial charge in [-0.15, -0.1) is 0 Å². The predicted octanol–water partition coefficient (Wildman–Crippen LogP) is 4.92. The third kappa shape index (κ3) is 4.18. The van der Waals surface area contributed by atoms with Crippen molar-refractivity contribution in [3.8, 4) is 5.75 Å². The SMILES string of the molecule is F[C-](OC(F)(F)C(F)(F)C(F)(F)F)C(F)(F)Oc1ccccc1. The minimum atomic E-state index is -6.92. The minimum Gasteiger partial charge on any atom is -0.453 e. The molecule has 0 fully saturated rings. The maximum Gasteiger partial charge on any atom is 0.462 e. The highest BCUT2D eigenvalue weighted by Gasteiger charge is 2.74. The fourth-order valence-corrected chi connectivity index (χ4v) is 1.08. The summed E-state index contributed by atoms with van der Waals surface area (Å²) in [5.41, 5.74) is 0.